The van der Waals surface area contributed by atoms with E-state index in [2.05, 4.69) is 22.1 Å². The van der Waals surface area contributed by atoms with Gasteiger partial charge in [-0.1, -0.05) is 6.92 Å². The van der Waals surface area contributed by atoms with Crippen LogP contribution in [0, 0.1) is 6.92 Å². The second kappa shape index (κ2) is 10.4. The molecule has 11 nitrogen and oxygen atoms in total. The zero-order valence-corrected chi connectivity index (χ0v) is 22.3. The zero-order valence-electron chi connectivity index (χ0n) is 22.3. The number of aromatic nitrogens is 5. The van der Waals surface area contributed by atoms with Crippen LogP contribution in [0.1, 0.15) is 54.9 Å². The van der Waals surface area contributed by atoms with Crippen molar-refractivity contribution in [2.45, 2.75) is 52.2 Å². The first-order chi connectivity index (χ1) is 18.3. The topological polar surface area (TPSA) is 118 Å². The molecule has 200 valence electrons. The van der Waals surface area contributed by atoms with Crippen LogP contribution in [0.4, 0.5) is 10.5 Å². The Morgan fingerprint density at radius 3 is 2.66 bits per heavy atom. The number of nitrogens with zero attached hydrogens (tertiary/aromatic N) is 6. The molecule has 1 fully saturated rings. The smallest absolute Gasteiger partial charge is 0.414 e. The Bertz CT molecular complexity index is 1480. The van der Waals surface area contributed by atoms with Crippen molar-refractivity contribution in [2.24, 2.45) is 14.1 Å². The van der Waals surface area contributed by atoms with E-state index in [4.69, 9.17) is 13.9 Å². The summed E-state index contributed by atoms with van der Waals surface area (Å²) in [5.41, 5.74) is 3.48. The molecule has 4 aromatic heterocycles. The van der Waals surface area contributed by atoms with Crippen LogP contribution >= 0.6 is 0 Å². The molecule has 0 spiro atoms. The minimum Gasteiger partial charge on any atom is -0.449 e. The minimum atomic E-state index is -0.542. The van der Waals surface area contributed by atoms with E-state index in [0.717, 1.165) is 23.2 Å². The van der Waals surface area contributed by atoms with Crippen molar-refractivity contribution in [1.82, 2.24) is 24.5 Å². The second-order valence-corrected chi connectivity index (χ2v) is 9.54. The Balaban J connectivity index is 1.73. The molecule has 0 unspecified atom stereocenters. The first-order valence-corrected chi connectivity index (χ1v) is 12.8. The second-order valence-electron chi connectivity index (χ2n) is 9.54. The quantitative estimate of drug-likeness (QED) is 0.329. The van der Waals surface area contributed by atoms with Gasteiger partial charge in [0.25, 0.3) is 0 Å². The molecule has 1 saturated heterocycles. The number of aryl methyl sites for hydroxylation is 3. The number of pyridine rings is 1. The molecule has 1 amide bonds. The first-order valence-electron chi connectivity index (χ1n) is 12.8. The molecule has 38 heavy (non-hydrogen) atoms. The van der Waals surface area contributed by atoms with Gasteiger partial charge in [0.05, 0.1) is 35.6 Å². The molecule has 0 N–H and O–H groups in total. The SMILES string of the molecule is CCOC(=O)N(c1c(C(=O)c2cnn(C)c2)oc2ncc(-c3cn(C)nc3C)cc12)[C@H]1CCO[C@@H](CC)C1. The summed E-state index contributed by atoms with van der Waals surface area (Å²) in [4.78, 5) is 33.5. The molecule has 11 heteroatoms. The van der Waals surface area contributed by atoms with Crippen LogP contribution < -0.4 is 4.90 Å². The molecule has 0 radical (unpaired) electrons. The Hall–Kier alpha value is -3.99. The molecular formula is C27H32N6O5. The van der Waals surface area contributed by atoms with E-state index in [1.165, 1.54) is 6.20 Å². The number of amides is 1. The third-order valence-corrected chi connectivity index (χ3v) is 6.88. The lowest BCUT2D eigenvalue weighted by Crippen LogP contribution is -2.46. The molecule has 0 aliphatic carbocycles. The number of carbonyl (C=O) groups is 2. The lowest BCUT2D eigenvalue weighted by atomic mass is 9.98. The third kappa shape index (κ3) is 4.69. The van der Waals surface area contributed by atoms with Crippen molar-refractivity contribution in [1.29, 1.82) is 0 Å². The maximum atomic E-state index is 13.8. The van der Waals surface area contributed by atoms with E-state index in [0.29, 0.717) is 36.1 Å². The maximum absolute atomic E-state index is 13.8. The number of anilines is 1. The monoisotopic (exact) mass is 520 g/mol. The Kier molecular flexibility index (Phi) is 7.02. The van der Waals surface area contributed by atoms with Gasteiger partial charge in [0, 0.05) is 56.5 Å². The summed E-state index contributed by atoms with van der Waals surface area (Å²) < 4.78 is 20.8. The average Bonchev–Trinajstić information content (AvgIpc) is 3.60. The molecular weight excluding hydrogens is 488 g/mol. The van der Waals surface area contributed by atoms with Gasteiger partial charge in [0.1, 0.15) is 5.69 Å². The van der Waals surface area contributed by atoms with E-state index in [1.54, 1.807) is 40.6 Å². The minimum absolute atomic E-state index is 0.00644. The predicted octanol–water partition coefficient (Wildman–Crippen LogP) is 4.42. The van der Waals surface area contributed by atoms with Gasteiger partial charge in [0.2, 0.25) is 17.3 Å². The van der Waals surface area contributed by atoms with Gasteiger partial charge < -0.3 is 13.9 Å². The molecule has 1 aliphatic rings. The van der Waals surface area contributed by atoms with Crippen molar-refractivity contribution in [3.05, 3.63) is 47.9 Å². The van der Waals surface area contributed by atoms with Crippen LogP contribution in [-0.2, 0) is 23.6 Å². The van der Waals surface area contributed by atoms with Gasteiger partial charge in [-0.2, -0.15) is 10.2 Å². The number of furan rings is 1. The van der Waals surface area contributed by atoms with Crippen LogP contribution in [-0.4, -0.2) is 61.8 Å². The zero-order chi connectivity index (χ0) is 27.0. The largest absolute Gasteiger partial charge is 0.449 e. The van der Waals surface area contributed by atoms with Crippen LogP contribution in [0.25, 0.3) is 22.2 Å². The summed E-state index contributed by atoms with van der Waals surface area (Å²) >= 11 is 0. The molecule has 2 atom stereocenters. The van der Waals surface area contributed by atoms with E-state index in [-0.39, 0.29) is 30.2 Å². The summed E-state index contributed by atoms with van der Waals surface area (Å²) in [5.74, 6) is -0.369. The molecule has 0 saturated carbocycles. The molecule has 1 aliphatic heterocycles. The number of ether oxygens (including phenoxy) is 2. The number of carbonyl (C=O) groups excluding carboxylic acids is 2. The highest BCUT2D eigenvalue weighted by molar-refractivity contribution is 6.17. The Morgan fingerprint density at radius 1 is 1.18 bits per heavy atom. The fourth-order valence-electron chi connectivity index (χ4n) is 5.06. The number of hydrogen-bond donors (Lipinski definition) is 0. The van der Waals surface area contributed by atoms with Crippen LogP contribution in [0.5, 0.6) is 0 Å². The number of hydrogen-bond acceptors (Lipinski definition) is 8. The van der Waals surface area contributed by atoms with E-state index in [1.807, 2.05) is 26.2 Å². The van der Waals surface area contributed by atoms with Crippen molar-refractivity contribution in [2.75, 3.05) is 18.1 Å². The molecule has 0 bridgehead atoms. The fraction of sp³-hybridized carbons (Fsp3) is 0.444. The van der Waals surface area contributed by atoms with E-state index < -0.39 is 11.9 Å². The standard InChI is InChI=1S/C27H32N6O5/c1-6-20-11-19(8-9-37-20)33(27(35)36-7-2)23-21-10-17(22-15-32(5)30-16(22)3)12-28-26(21)38-25(23)24(34)18-13-29-31(4)14-18/h10,12-15,19-20H,6-9,11H2,1-5H3/t19-,20-/m0/s1. The molecule has 5 rings (SSSR count). The van der Waals surface area contributed by atoms with Gasteiger partial charge in [-0.25, -0.2) is 9.78 Å². The van der Waals surface area contributed by atoms with Gasteiger partial charge >= 0.3 is 6.09 Å². The number of fused-ring (bicyclic) bond motifs is 1. The number of rotatable bonds is 7. The highest BCUT2D eigenvalue weighted by Crippen LogP contribution is 2.40. The number of ketones is 1. The first kappa shape index (κ1) is 25.7. The summed E-state index contributed by atoms with van der Waals surface area (Å²) in [6, 6.07) is 1.64. The average molecular weight is 521 g/mol. The molecule has 0 aromatic carbocycles. The maximum Gasteiger partial charge on any atom is 0.414 e. The van der Waals surface area contributed by atoms with E-state index in [9.17, 15) is 9.59 Å². The van der Waals surface area contributed by atoms with Crippen LogP contribution in [0.2, 0.25) is 0 Å². The fourth-order valence-corrected chi connectivity index (χ4v) is 5.06. The van der Waals surface area contributed by atoms with Gasteiger partial charge in [-0.15, -0.1) is 0 Å². The van der Waals surface area contributed by atoms with Crippen molar-refractivity contribution in [3.8, 4) is 11.1 Å². The van der Waals surface area contributed by atoms with Crippen molar-refractivity contribution in [3.63, 3.8) is 0 Å². The van der Waals surface area contributed by atoms with Gasteiger partial charge in [0.15, 0.2) is 0 Å². The van der Waals surface area contributed by atoms with Crippen LogP contribution in [0.15, 0.2) is 35.3 Å². The molecule has 4 aromatic rings. The lowest BCUT2D eigenvalue weighted by molar-refractivity contribution is 0.00468. The highest BCUT2D eigenvalue weighted by Gasteiger charge is 2.38. The normalized spacial score (nSPS) is 17.6. The lowest BCUT2D eigenvalue weighted by Gasteiger charge is -2.36. The van der Waals surface area contributed by atoms with Crippen molar-refractivity contribution < 1.29 is 23.5 Å². The summed E-state index contributed by atoms with van der Waals surface area (Å²) in [6.45, 7) is 6.42. The highest BCUT2D eigenvalue weighted by atomic mass is 16.6. The Morgan fingerprint density at radius 2 is 2.00 bits per heavy atom. The van der Waals surface area contributed by atoms with Gasteiger partial charge in [-0.05, 0) is 39.2 Å². The van der Waals surface area contributed by atoms with Gasteiger partial charge in [-0.3, -0.25) is 19.1 Å². The summed E-state index contributed by atoms with van der Waals surface area (Å²) in [5, 5.41) is 9.14. The third-order valence-electron chi connectivity index (χ3n) is 6.88. The predicted molar refractivity (Wildman–Crippen MR) is 140 cm³/mol. The van der Waals surface area contributed by atoms with E-state index >= 15 is 0 Å². The summed E-state index contributed by atoms with van der Waals surface area (Å²) in [6.07, 6.45) is 8.16. The van der Waals surface area contributed by atoms with Crippen LogP contribution in [0.3, 0.4) is 0 Å². The van der Waals surface area contributed by atoms with Crippen molar-refractivity contribution >= 4 is 28.7 Å². The molecule has 5 heterocycles. The summed E-state index contributed by atoms with van der Waals surface area (Å²) in [7, 11) is 3.59. The Labute approximate surface area is 220 Å².